The summed E-state index contributed by atoms with van der Waals surface area (Å²) in [5.41, 5.74) is 4.96. The molecule has 2 aliphatic rings. The molecule has 8 heteroatoms. The van der Waals surface area contributed by atoms with Crippen LogP contribution in [0.5, 0.6) is 0 Å². The molecule has 0 radical (unpaired) electrons. The molecule has 0 aromatic carbocycles. The highest BCUT2D eigenvalue weighted by Gasteiger charge is 2.18. The van der Waals surface area contributed by atoms with E-state index in [1.54, 1.807) is 32.6 Å². The predicted octanol–water partition coefficient (Wildman–Crippen LogP) is 4.24. The topological polar surface area (TPSA) is 88.1 Å². The Balaban J connectivity index is 1.85. The van der Waals surface area contributed by atoms with E-state index < -0.39 is 0 Å². The number of nitrogens with one attached hydrogen (secondary N) is 2. The van der Waals surface area contributed by atoms with Gasteiger partial charge in [0.2, 0.25) is 0 Å². The number of amides is 1. The van der Waals surface area contributed by atoms with Crippen molar-refractivity contribution < 1.29 is 14.3 Å². The maximum atomic E-state index is 12.4. The summed E-state index contributed by atoms with van der Waals surface area (Å²) in [7, 11) is 5.36. The van der Waals surface area contributed by atoms with Gasteiger partial charge in [-0.2, -0.15) is 0 Å². The number of nitrogens with zero attached hydrogens (tertiary/aromatic N) is 3. The first-order chi connectivity index (χ1) is 17.9. The van der Waals surface area contributed by atoms with Crippen LogP contribution in [0.25, 0.3) is 0 Å². The smallest absolute Gasteiger partial charge is 0.269 e. The number of hydrogen-bond donors (Lipinski definition) is 2. The minimum atomic E-state index is -0.172. The highest BCUT2D eigenvalue weighted by molar-refractivity contribution is 6.04. The van der Waals surface area contributed by atoms with E-state index in [9.17, 15) is 4.79 Å². The van der Waals surface area contributed by atoms with Crippen molar-refractivity contribution in [1.29, 1.82) is 0 Å². The Morgan fingerprint density at radius 2 is 2.05 bits per heavy atom. The molecule has 0 spiro atoms. The van der Waals surface area contributed by atoms with Crippen molar-refractivity contribution in [3.05, 3.63) is 101 Å². The Morgan fingerprint density at radius 1 is 1.22 bits per heavy atom. The van der Waals surface area contributed by atoms with Crippen LogP contribution in [-0.4, -0.2) is 62.4 Å². The Morgan fingerprint density at radius 3 is 2.78 bits per heavy atom. The molecule has 8 nitrogen and oxygen atoms in total. The van der Waals surface area contributed by atoms with Crippen LogP contribution in [0.15, 0.2) is 95.0 Å². The minimum Gasteiger partial charge on any atom is -0.501 e. The SMILES string of the molecule is C=C/C=C(\C=C1/CN(C)CC(c2ccnc(C(=O)NCCC)c2)=N1)N/C1=C\C/C(OC)=C\C(OC)=C/C1. The molecule has 0 bridgehead atoms. The largest absolute Gasteiger partial charge is 0.501 e. The Bertz CT molecular complexity index is 1170. The molecule has 0 saturated carbocycles. The van der Waals surface area contributed by atoms with Gasteiger partial charge >= 0.3 is 0 Å². The summed E-state index contributed by atoms with van der Waals surface area (Å²) in [6.07, 6.45) is 15.6. The molecule has 0 unspecified atom stereocenters. The summed E-state index contributed by atoms with van der Waals surface area (Å²) in [5, 5.41) is 6.39. The van der Waals surface area contributed by atoms with Gasteiger partial charge in [-0.15, -0.1) is 0 Å². The van der Waals surface area contributed by atoms with Gasteiger partial charge in [-0.05, 0) is 43.8 Å². The number of aliphatic imine (C=N–C) groups is 1. The maximum absolute atomic E-state index is 12.4. The number of methoxy groups -OCH3 is 2. The summed E-state index contributed by atoms with van der Waals surface area (Å²) in [6, 6.07) is 3.70. The lowest BCUT2D eigenvalue weighted by Crippen LogP contribution is -2.33. The zero-order valence-corrected chi connectivity index (χ0v) is 22.2. The molecular formula is C29H37N5O3. The molecule has 2 N–H and O–H groups in total. The van der Waals surface area contributed by atoms with Crippen molar-refractivity contribution >= 4 is 11.6 Å². The molecule has 1 aromatic rings. The Kier molecular flexibility index (Phi) is 10.5. The van der Waals surface area contributed by atoms with Crippen LogP contribution in [0, 0.1) is 0 Å². The molecule has 1 aliphatic heterocycles. The van der Waals surface area contributed by atoms with E-state index in [0.717, 1.165) is 46.3 Å². The third-order valence-electron chi connectivity index (χ3n) is 5.79. The third kappa shape index (κ3) is 8.32. The number of ether oxygens (including phenoxy) is 2. The van der Waals surface area contributed by atoms with Crippen LogP contribution in [0.2, 0.25) is 0 Å². The number of carbonyl (C=O) groups excluding carboxylic acids is 1. The second-order valence-electron chi connectivity index (χ2n) is 8.80. The average molecular weight is 504 g/mol. The first-order valence-corrected chi connectivity index (χ1v) is 12.4. The minimum absolute atomic E-state index is 0.172. The maximum Gasteiger partial charge on any atom is 0.269 e. The summed E-state index contributed by atoms with van der Waals surface area (Å²) >= 11 is 0. The van der Waals surface area contributed by atoms with Crippen LogP contribution in [0.3, 0.4) is 0 Å². The van der Waals surface area contributed by atoms with E-state index in [1.807, 2.05) is 37.3 Å². The van der Waals surface area contributed by atoms with E-state index in [1.165, 1.54) is 0 Å². The molecule has 37 heavy (non-hydrogen) atoms. The van der Waals surface area contributed by atoms with Crippen LogP contribution < -0.4 is 10.6 Å². The monoisotopic (exact) mass is 503 g/mol. The molecule has 3 rings (SSSR count). The lowest BCUT2D eigenvalue weighted by Gasteiger charge is -2.25. The van der Waals surface area contributed by atoms with Crippen molar-refractivity contribution in [2.75, 3.05) is 40.9 Å². The second-order valence-corrected chi connectivity index (χ2v) is 8.80. The van der Waals surface area contributed by atoms with E-state index in [4.69, 9.17) is 14.5 Å². The van der Waals surface area contributed by atoms with Crippen LogP contribution in [0.1, 0.15) is 42.2 Å². The molecule has 1 amide bonds. The number of hydrogen-bond acceptors (Lipinski definition) is 7. The summed E-state index contributed by atoms with van der Waals surface area (Å²) in [6.45, 7) is 7.88. The normalized spacial score (nSPS) is 22.2. The summed E-state index contributed by atoms with van der Waals surface area (Å²) in [5.74, 6) is 1.41. The van der Waals surface area contributed by atoms with Gasteiger partial charge in [0, 0.05) is 61.7 Å². The van der Waals surface area contributed by atoms with Crippen LogP contribution >= 0.6 is 0 Å². The first kappa shape index (κ1) is 27.7. The number of rotatable bonds is 10. The standard InChI is InChI=1S/C29H37N5O3/c1-6-8-23(32-22-9-11-25(36-4)18-26(37-5)12-10-22)17-24-19-34(3)20-28(33-24)21-13-15-30-27(16-21)29(35)31-14-7-2/h6,8-9,12-13,15-18,32H,1,7,10-11,14,19-20H2,2-5H3,(H,31,35)/b22-9-,23-8+,24-17+,25-18+,26-12+. The van der Waals surface area contributed by atoms with Gasteiger partial charge in [-0.25, -0.2) is 0 Å². The van der Waals surface area contributed by atoms with Crippen molar-refractivity contribution in [2.24, 2.45) is 4.99 Å². The van der Waals surface area contributed by atoms with E-state index >= 15 is 0 Å². The van der Waals surface area contributed by atoms with Gasteiger partial charge in [-0.1, -0.05) is 25.7 Å². The van der Waals surface area contributed by atoms with Gasteiger partial charge in [0.25, 0.3) is 5.91 Å². The number of aromatic nitrogens is 1. The zero-order valence-electron chi connectivity index (χ0n) is 22.2. The highest BCUT2D eigenvalue weighted by atomic mass is 16.5. The molecule has 1 aliphatic carbocycles. The zero-order chi connectivity index (χ0) is 26.6. The molecule has 0 saturated heterocycles. The highest BCUT2D eigenvalue weighted by Crippen LogP contribution is 2.19. The first-order valence-electron chi connectivity index (χ1n) is 12.4. The quantitative estimate of drug-likeness (QED) is 0.465. The molecule has 196 valence electrons. The number of likely N-dealkylation sites (N-methyl/N-ethyl adjacent to an activating group) is 1. The van der Waals surface area contributed by atoms with Gasteiger partial charge in [0.05, 0.1) is 25.6 Å². The molecular weight excluding hydrogens is 466 g/mol. The number of pyridine rings is 1. The molecule has 0 atom stereocenters. The molecule has 0 fully saturated rings. The molecule has 1 aromatic heterocycles. The van der Waals surface area contributed by atoms with Crippen molar-refractivity contribution in [1.82, 2.24) is 20.5 Å². The lowest BCUT2D eigenvalue weighted by molar-refractivity contribution is 0.0948. The summed E-state index contributed by atoms with van der Waals surface area (Å²) < 4.78 is 10.9. The third-order valence-corrected chi connectivity index (χ3v) is 5.79. The number of carbonyl (C=O) groups is 1. The van der Waals surface area contributed by atoms with E-state index in [0.29, 0.717) is 38.2 Å². The fourth-order valence-electron chi connectivity index (χ4n) is 3.93. The Hall–Kier alpha value is -3.91. The lowest BCUT2D eigenvalue weighted by atomic mass is 10.1. The predicted molar refractivity (Wildman–Crippen MR) is 148 cm³/mol. The van der Waals surface area contributed by atoms with Gasteiger partial charge in [-0.3, -0.25) is 19.7 Å². The number of allylic oxidation sites excluding steroid dienone is 6. The van der Waals surface area contributed by atoms with Crippen LogP contribution in [0.4, 0.5) is 0 Å². The van der Waals surface area contributed by atoms with Crippen LogP contribution in [-0.2, 0) is 9.47 Å². The van der Waals surface area contributed by atoms with Crippen molar-refractivity contribution in [3.63, 3.8) is 0 Å². The van der Waals surface area contributed by atoms with Gasteiger partial charge < -0.3 is 20.1 Å². The summed E-state index contributed by atoms with van der Waals surface area (Å²) in [4.78, 5) is 23.8. The van der Waals surface area contributed by atoms with E-state index in [2.05, 4.69) is 40.2 Å². The Labute approximate surface area is 219 Å². The average Bonchev–Trinajstić information content (AvgIpc) is 2.89. The van der Waals surface area contributed by atoms with Crippen molar-refractivity contribution in [2.45, 2.75) is 26.2 Å². The van der Waals surface area contributed by atoms with Gasteiger partial charge in [0.15, 0.2) is 0 Å². The molecule has 2 heterocycles. The van der Waals surface area contributed by atoms with E-state index in [-0.39, 0.29) is 5.91 Å². The van der Waals surface area contributed by atoms with Crippen molar-refractivity contribution in [3.8, 4) is 0 Å². The second kappa shape index (κ2) is 14.0. The van der Waals surface area contributed by atoms with Gasteiger partial charge in [0.1, 0.15) is 17.2 Å². The fourth-order valence-corrected chi connectivity index (χ4v) is 3.93. The fraction of sp³-hybridized carbons (Fsp3) is 0.345.